The van der Waals surface area contributed by atoms with Gasteiger partial charge in [0, 0.05) is 25.3 Å². The lowest BCUT2D eigenvalue weighted by molar-refractivity contribution is 0.194. The molecule has 2 aromatic rings. The smallest absolute Gasteiger partial charge is 0.321 e. The van der Waals surface area contributed by atoms with Crippen molar-refractivity contribution in [3.05, 3.63) is 70.5 Å². The third-order valence-electron chi connectivity index (χ3n) is 7.72. The lowest BCUT2D eigenvalue weighted by Gasteiger charge is -2.32. The molecule has 3 aliphatic rings. The highest BCUT2D eigenvalue weighted by Crippen LogP contribution is 2.34. The van der Waals surface area contributed by atoms with E-state index in [-0.39, 0.29) is 11.8 Å². The molecule has 0 spiro atoms. The molecule has 0 atom stereocenters. The van der Waals surface area contributed by atoms with E-state index >= 15 is 0 Å². The molecule has 5 heteroatoms. The summed E-state index contributed by atoms with van der Waals surface area (Å²) in [5.74, 6) is 0.192. The number of hydrogen-bond donors (Lipinski definition) is 1. The molecule has 0 unspecified atom stereocenters. The maximum atomic E-state index is 13.2. The summed E-state index contributed by atoms with van der Waals surface area (Å²) in [4.78, 5) is 17.4. The molecule has 0 radical (unpaired) electrons. The van der Waals surface area contributed by atoms with Crippen molar-refractivity contribution in [1.82, 2.24) is 9.80 Å². The Labute approximate surface area is 196 Å². The molecule has 2 aromatic carbocycles. The molecular weight excluding hydrogens is 413 g/mol. The van der Waals surface area contributed by atoms with E-state index in [2.05, 4.69) is 29.3 Å². The van der Waals surface area contributed by atoms with E-state index in [0.717, 1.165) is 51.0 Å². The van der Waals surface area contributed by atoms with E-state index < -0.39 is 0 Å². The Kier molecular flexibility index (Phi) is 6.50. The van der Waals surface area contributed by atoms with Gasteiger partial charge in [0.1, 0.15) is 5.82 Å². The van der Waals surface area contributed by atoms with Crippen LogP contribution in [0.25, 0.3) is 5.57 Å². The minimum absolute atomic E-state index is 0.0229. The number of aryl methyl sites for hydroxylation is 1. The lowest BCUT2D eigenvalue weighted by Crippen LogP contribution is -2.40. The van der Waals surface area contributed by atoms with Gasteiger partial charge >= 0.3 is 6.03 Å². The van der Waals surface area contributed by atoms with E-state index in [0.29, 0.717) is 5.92 Å². The predicted octanol–water partition coefficient (Wildman–Crippen LogP) is 6.05. The molecule has 2 saturated heterocycles. The summed E-state index contributed by atoms with van der Waals surface area (Å²) in [7, 11) is 0. The van der Waals surface area contributed by atoms with Crippen molar-refractivity contribution in [2.75, 3.05) is 38.0 Å². The zero-order valence-electron chi connectivity index (χ0n) is 19.6. The number of rotatable bonds is 4. The van der Waals surface area contributed by atoms with Gasteiger partial charge in [-0.1, -0.05) is 23.8 Å². The van der Waals surface area contributed by atoms with Crippen molar-refractivity contribution in [2.45, 2.75) is 51.4 Å². The van der Waals surface area contributed by atoms with Crippen molar-refractivity contribution in [1.29, 1.82) is 0 Å². The number of hydrogen-bond acceptors (Lipinski definition) is 2. The van der Waals surface area contributed by atoms with Crippen molar-refractivity contribution < 1.29 is 9.18 Å². The second kappa shape index (κ2) is 9.68. The first-order valence-electron chi connectivity index (χ1n) is 12.4. The molecule has 0 bridgehead atoms. The number of carbonyl (C=O) groups excluding carboxylic acids is 1. The maximum Gasteiger partial charge on any atom is 0.321 e. The number of anilines is 1. The number of likely N-dealkylation sites (tertiary alicyclic amines) is 2. The molecule has 5 rings (SSSR count). The van der Waals surface area contributed by atoms with Gasteiger partial charge in [-0.15, -0.1) is 0 Å². The Bertz CT molecular complexity index is 1030. The van der Waals surface area contributed by atoms with Crippen LogP contribution in [0.15, 0.2) is 48.0 Å². The number of fused-ring (bicyclic) bond motifs is 1. The van der Waals surface area contributed by atoms with E-state index in [1.54, 1.807) is 5.57 Å². The number of allylic oxidation sites excluding steroid dienone is 1. The number of amides is 2. The zero-order valence-corrected chi connectivity index (χ0v) is 19.6. The molecule has 2 heterocycles. The fourth-order valence-electron chi connectivity index (χ4n) is 5.67. The van der Waals surface area contributed by atoms with Gasteiger partial charge in [-0.3, -0.25) is 4.90 Å². The Hall–Kier alpha value is -2.66. The Balaban J connectivity index is 1.19. The highest BCUT2D eigenvalue weighted by molar-refractivity contribution is 5.90. The average molecular weight is 448 g/mol. The second-order valence-corrected chi connectivity index (χ2v) is 9.83. The summed E-state index contributed by atoms with van der Waals surface area (Å²) in [6.45, 7) is 7.27. The van der Waals surface area contributed by atoms with E-state index in [9.17, 15) is 9.18 Å². The molecule has 4 nitrogen and oxygen atoms in total. The highest BCUT2D eigenvalue weighted by atomic mass is 19.1. The van der Waals surface area contributed by atoms with Gasteiger partial charge in [-0.05, 0) is 111 Å². The summed E-state index contributed by atoms with van der Waals surface area (Å²) >= 11 is 0. The fraction of sp³-hybridized carbons (Fsp3) is 0.464. The number of piperidine rings is 1. The molecule has 2 aliphatic heterocycles. The van der Waals surface area contributed by atoms with Gasteiger partial charge in [0.15, 0.2) is 0 Å². The Morgan fingerprint density at radius 2 is 1.73 bits per heavy atom. The Morgan fingerprint density at radius 1 is 1.00 bits per heavy atom. The molecule has 0 aromatic heterocycles. The monoisotopic (exact) mass is 447 g/mol. The minimum Gasteiger partial charge on any atom is -0.324 e. The van der Waals surface area contributed by atoms with Crippen LogP contribution in [0.2, 0.25) is 0 Å². The highest BCUT2D eigenvalue weighted by Gasteiger charge is 2.25. The first-order valence-corrected chi connectivity index (χ1v) is 12.4. The van der Waals surface area contributed by atoms with Gasteiger partial charge in [0.25, 0.3) is 0 Å². The molecule has 33 heavy (non-hydrogen) atoms. The van der Waals surface area contributed by atoms with Gasteiger partial charge < -0.3 is 10.2 Å². The second-order valence-electron chi connectivity index (χ2n) is 9.83. The standard InChI is InChI=1S/C28H34FN3O/c1-20-24(19-31-14-2-3-15-31)5-4-23-18-26(10-11-27(20)23)30-28(33)32-16-12-22(13-17-32)21-6-8-25(29)9-7-21/h6-11,18,22H,2-5,12-17,19H2,1H3,(H,30,33). The van der Waals surface area contributed by atoms with Crippen LogP contribution in [-0.2, 0) is 6.42 Å². The zero-order chi connectivity index (χ0) is 22.8. The molecule has 174 valence electrons. The van der Waals surface area contributed by atoms with Gasteiger partial charge in [-0.2, -0.15) is 0 Å². The minimum atomic E-state index is -0.200. The van der Waals surface area contributed by atoms with Crippen LogP contribution in [0.3, 0.4) is 0 Å². The summed E-state index contributed by atoms with van der Waals surface area (Å²) in [5, 5.41) is 3.12. The topological polar surface area (TPSA) is 35.6 Å². The van der Waals surface area contributed by atoms with Crippen molar-refractivity contribution in [3.8, 4) is 0 Å². The summed E-state index contributed by atoms with van der Waals surface area (Å²) in [6.07, 6.45) is 6.64. The van der Waals surface area contributed by atoms with Crippen LogP contribution in [-0.4, -0.2) is 48.6 Å². The summed E-state index contributed by atoms with van der Waals surface area (Å²) < 4.78 is 13.2. The number of carbonyl (C=O) groups is 1. The van der Waals surface area contributed by atoms with Crippen molar-refractivity contribution >= 4 is 17.3 Å². The van der Waals surface area contributed by atoms with Crippen molar-refractivity contribution in [3.63, 3.8) is 0 Å². The van der Waals surface area contributed by atoms with Crippen LogP contribution < -0.4 is 5.32 Å². The lowest BCUT2D eigenvalue weighted by atomic mass is 9.86. The van der Waals surface area contributed by atoms with E-state index in [1.165, 1.54) is 60.3 Å². The first-order chi connectivity index (χ1) is 16.1. The van der Waals surface area contributed by atoms with Crippen LogP contribution in [0, 0.1) is 5.82 Å². The average Bonchev–Trinajstić information content (AvgIpc) is 3.35. The summed E-state index contributed by atoms with van der Waals surface area (Å²) in [6, 6.07) is 13.2. The van der Waals surface area contributed by atoms with Crippen molar-refractivity contribution in [2.24, 2.45) is 0 Å². The van der Waals surface area contributed by atoms with Crippen LogP contribution >= 0.6 is 0 Å². The van der Waals surface area contributed by atoms with Gasteiger partial charge in [-0.25, -0.2) is 9.18 Å². The largest absolute Gasteiger partial charge is 0.324 e. The van der Waals surface area contributed by atoms with Gasteiger partial charge in [0.05, 0.1) is 0 Å². The predicted molar refractivity (Wildman–Crippen MR) is 132 cm³/mol. The maximum absolute atomic E-state index is 13.2. The molecule has 1 aliphatic carbocycles. The normalized spacial score (nSPS) is 19.6. The van der Waals surface area contributed by atoms with Crippen LogP contribution in [0.1, 0.15) is 61.6 Å². The fourth-order valence-corrected chi connectivity index (χ4v) is 5.67. The molecule has 0 saturated carbocycles. The quantitative estimate of drug-likeness (QED) is 0.619. The third kappa shape index (κ3) is 4.98. The SMILES string of the molecule is CC1=C(CN2CCCC2)CCc2cc(NC(=O)N3CCC(c4ccc(F)cc4)CC3)ccc21. The number of nitrogens with zero attached hydrogens (tertiary/aromatic N) is 2. The number of halogens is 1. The van der Waals surface area contributed by atoms with Crippen LogP contribution in [0.4, 0.5) is 14.9 Å². The third-order valence-corrected chi connectivity index (χ3v) is 7.72. The molecule has 2 fully saturated rings. The van der Waals surface area contributed by atoms with E-state index in [4.69, 9.17) is 0 Å². The molecular formula is C28H34FN3O. The van der Waals surface area contributed by atoms with E-state index in [1.807, 2.05) is 23.1 Å². The first kappa shape index (κ1) is 22.1. The Morgan fingerprint density at radius 3 is 2.45 bits per heavy atom. The summed E-state index contributed by atoms with van der Waals surface area (Å²) in [5.41, 5.74) is 7.72. The molecule has 2 amide bonds. The van der Waals surface area contributed by atoms with Gasteiger partial charge in [0.2, 0.25) is 0 Å². The molecule has 1 N–H and O–H groups in total. The van der Waals surface area contributed by atoms with Crippen LogP contribution in [0.5, 0.6) is 0 Å². The number of nitrogens with one attached hydrogen (secondary N) is 1. The number of urea groups is 1. The number of benzene rings is 2.